The summed E-state index contributed by atoms with van der Waals surface area (Å²) < 4.78 is 2.02. The number of carbonyl (C=O) groups excluding carboxylic acids is 1. The molecule has 0 bridgehead atoms. The van der Waals surface area contributed by atoms with E-state index in [1.165, 1.54) is 12.8 Å². The maximum absolute atomic E-state index is 12.2. The topological polar surface area (TPSA) is 58.4 Å². The Morgan fingerprint density at radius 2 is 2.09 bits per heavy atom. The van der Waals surface area contributed by atoms with Gasteiger partial charge in [-0.15, -0.1) is 12.4 Å². The Bertz CT molecular complexity index is 691. The molecule has 0 saturated carbocycles. The van der Waals surface area contributed by atoms with E-state index in [0.29, 0.717) is 6.54 Å². The van der Waals surface area contributed by atoms with E-state index in [1.807, 2.05) is 22.6 Å². The fraction of sp³-hybridized carbons (Fsp3) is 0.500. The minimum absolute atomic E-state index is 0. The number of hydrogen-bond acceptors (Lipinski definition) is 3. The van der Waals surface area contributed by atoms with Gasteiger partial charge >= 0.3 is 0 Å². The van der Waals surface area contributed by atoms with Crippen molar-refractivity contribution >= 4 is 24.0 Å². The Balaban J connectivity index is 0.00000144. The molecule has 5 nitrogen and oxygen atoms in total. The van der Waals surface area contributed by atoms with Crippen LogP contribution >= 0.6 is 12.4 Å². The first-order valence-electron chi connectivity index (χ1n) is 7.81. The highest BCUT2D eigenvalue weighted by atomic mass is 35.5. The molecule has 4 heterocycles. The maximum Gasteiger partial charge on any atom is 0.270 e. The number of amides is 1. The molecule has 0 radical (unpaired) electrons. The molecule has 0 unspecified atom stereocenters. The predicted octanol–water partition coefficient (Wildman–Crippen LogP) is 1.93. The van der Waals surface area contributed by atoms with Gasteiger partial charge in [0.2, 0.25) is 0 Å². The van der Waals surface area contributed by atoms with Crippen molar-refractivity contribution in [1.82, 2.24) is 20.0 Å². The van der Waals surface area contributed by atoms with Crippen LogP contribution in [0.2, 0.25) is 0 Å². The van der Waals surface area contributed by atoms with E-state index in [1.54, 1.807) is 0 Å². The number of imidazole rings is 1. The van der Waals surface area contributed by atoms with Gasteiger partial charge in [0.05, 0.1) is 12.2 Å². The second-order valence-corrected chi connectivity index (χ2v) is 6.03. The van der Waals surface area contributed by atoms with Crippen LogP contribution in [0, 0.1) is 5.92 Å². The number of hydrogen-bond donors (Lipinski definition) is 2. The molecule has 4 rings (SSSR count). The molecule has 6 heteroatoms. The summed E-state index contributed by atoms with van der Waals surface area (Å²) in [6, 6.07) is 6.04. The fourth-order valence-corrected chi connectivity index (χ4v) is 3.52. The van der Waals surface area contributed by atoms with Gasteiger partial charge in [-0.3, -0.25) is 9.20 Å². The van der Waals surface area contributed by atoms with Gasteiger partial charge in [-0.05, 0) is 56.8 Å². The number of carbonyl (C=O) groups is 1. The number of nitrogens with zero attached hydrogens (tertiary/aromatic N) is 2. The summed E-state index contributed by atoms with van der Waals surface area (Å²) in [6.45, 7) is 2.83. The van der Waals surface area contributed by atoms with Crippen LogP contribution in [0.15, 0.2) is 18.2 Å². The molecule has 22 heavy (non-hydrogen) atoms. The summed E-state index contributed by atoms with van der Waals surface area (Å²) in [5.41, 5.74) is 3.72. The van der Waals surface area contributed by atoms with Gasteiger partial charge < -0.3 is 10.6 Å². The number of halogens is 1. The number of piperidine rings is 1. The van der Waals surface area contributed by atoms with Crippen molar-refractivity contribution in [3.8, 4) is 0 Å². The highest BCUT2D eigenvalue weighted by Crippen LogP contribution is 2.23. The normalized spacial score (nSPS) is 18.1. The number of aromatic nitrogens is 2. The van der Waals surface area contributed by atoms with Gasteiger partial charge in [0.1, 0.15) is 11.3 Å². The molecular weight excluding hydrogens is 300 g/mol. The van der Waals surface area contributed by atoms with Gasteiger partial charge in [0.25, 0.3) is 5.91 Å². The average Bonchev–Trinajstić information content (AvgIpc) is 2.90. The van der Waals surface area contributed by atoms with Gasteiger partial charge in [-0.1, -0.05) is 6.07 Å². The number of nitrogens with one attached hydrogen (secondary N) is 2. The monoisotopic (exact) mass is 320 g/mol. The molecule has 1 fully saturated rings. The van der Waals surface area contributed by atoms with Gasteiger partial charge in [0.15, 0.2) is 0 Å². The van der Waals surface area contributed by atoms with Gasteiger partial charge in [0, 0.05) is 5.69 Å². The summed E-state index contributed by atoms with van der Waals surface area (Å²) >= 11 is 0. The van der Waals surface area contributed by atoms with E-state index in [2.05, 4.69) is 10.6 Å². The van der Waals surface area contributed by atoms with E-state index in [9.17, 15) is 4.79 Å². The molecule has 118 valence electrons. The van der Waals surface area contributed by atoms with Crippen LogP contribution in [0.5, 0.6) is 0 Å². The van der Waals surface area contributed by atoms with Crippen LogP contribution in [0.25, 0.3) is 5.65 Å². The molecule has 2 N–H and O–H groups in total. The van der Waals surface area contributed by atoms with Crippen LogP contribution in [-0.4, -0.2) is 28.4 Å². The van der Waals surface area contributed by atoms with Crippen LogP contribution in [0.4, 0.5) is 0 Å². The lowest BCUT2D eigenvalue weighted by Crippen LogP contribution is -2.31. The number of rotatable bonds is 3. The molecule has 2 aromatic heterocycles. The van der Waals surface area contributed by atoms with E-state index in [4.69, 9.17) is 4.98 Å². The standard InChI is InChI=1S/C16H20N4O.ClH/c21-16-15-13(5-4-11-6-8-17-9-7-11)19-14-3-1-2-12(10-18-16)20(14)15;/h1-3,11,17H,4-10H2,(H,18,21);1H. The first-order chi connectivity index (χ1) is 10.3. The molecule has 0 aromatic carbocycles. The summed E-state index contributed by atoms with van der Waals surface area (Å²) in [5.74, 6) is 0.774. The highest BCUT2D eigenvalue weighted by Gasteiger charge is 2.25. The summed E-state index contributed by atoms with van der Waals surface area (Å²) in [7, 11) is 0. The van der Waals surface area contributed by atoms with Gasteiger partial charge in [-0.2, -0.15) is 0 Å². The SMILES string of the molecule is Cl.O=C1NCc2cccc3nc(CCC4CCNCC4)c1n23. The molecule has 0 spiro atoms. The molecule has 0 atom stereocenters. The van der Waals surface area contributed by atoms with E-state index in [0.717, 1.165) is 54.6 Å². The number of pyridine rings is 1. The Hall–Kier alpha value is -1.59. The third-order valence-corrected chi connectivity index (χ3v) is 4.69. The lowest BCUT2D eigenvalue weighted by Gasteiger charge is -2.22. The first-order valence-corrected chi connectivity index (χ1v) is 7.81. The summed E-state index contributed by atoms with van der Waals surface area (Å²) in [5, 5.41) is 6.35. The Labute approximate surface area is 135 Å². The zero-order valence-electron chi connectivity index (χ0n) is 12.5. The third-order valence-electron chi connectivity index (χ3n) is 4.69. The molecule has 2 aliphatic rings. The maximum atomic E-state index is 12.2. The Kier molecular flexibility index (Phi) is 4.36. The van der Waals surface area contributed by atoms with Crippen molar-refractivity contribution < 1.29 is 4.79 Å². The van der Waals surface area contributed by atoms with Crippen molar-refractivity contribution in [2.75, 3.05) is 13.1 Å². The third kappa shape index (κ3) is 2.59. The lowest BCUT2D eigenvalue weighted by atomic mass is 9.92. The summed E-state index contributed by atoms with van der Waals surface area (Å²) in [4.78, 5) is 16.9. The summed E-state index contributed by atoms with van der Waals surface area (Å²) in [6.07, 6.45) is 4.50. The van der Waals surface area contributed by atoms with E-state index >= 15 is 0 Å². The zero-order valence-corrected chi connectivity index (χ0v) is 13.3. The minimum Gasteiger partial charge on any atom is -0.345 e. The molecule has 0 aliphatic carbocycles. The van der Waals surface area contributed by atoms with Crippen LogP contribution in [-0.2, 0) is 13.0 Å². The second kappa shape index (κ2) is 6.26. The molecule has 2 aliphatic heterocycles. The van der Waals surface area contributed by atoms with Crippen LogP contribution < -0.4 is 10.6 Å². The van der Waals surface area contributed by atoms with Crippen molar-refractivity contribution in [2.45, 2.75) is 32.2 Å². The predicted molar refractivity (Wildman–Crippen MR) is 87.5 cm³/mol. The molecule has 2 aromatic rings. The average molecular weight is 321 g/mol. The Morgan fingerprint density at radius 1 is 1.27 bits per heavy atom. The van der Waals surface area contributed by atoms with E-state index < -0.39 is 0 Å². The quantitative estimate of drug-likeness (QED) is 0.908. The molecular formula is C16H21ClN4O. The zero-order chi connectivity index (χ0) is 14.2. The Morgan fingerprint density at radius 3 is 2.91 bits per heavy atom. The first kappa shape index (κ1) is 15.3. The van der Waals surface area contributed by atoms with Crippen molar-refractivity contribution in [3.05, 3.63) is 35.3 Å². The van der Waals surface area contributed by atoms with Crippen LogP contribution in [0.1, 0.15) is 41.1 Å². The van der Waals surface area contributed by atoms with E-state index in [-0.39, 0.29) is 18.3 Å². The van der Waals surface area contributed by atoms with Crippen LogP contribution in [0.3, 0.4) is 0 Å². The second-order valence-electron chi connectivity index (χ2n) is 6.03. The van der Waals surface area contributed by atoms with Crippen molar-refractivity contribution in [3.63, 3.8) is 0 Å². The smallest absolute Gasteiger partial charge is 0.270 e. The van der Waals surface area contributed by atoms with Gasteiger partial charge in [-0.25, -0.2) is 4.98 Å². The lowest BCUT2D eigenvalue weighted by molar-refractivity contribution is 0.0935. The van der Waals surface area contributed by atoms with Crippen molar-refractivity contribution in [1.29, 1.82) is 0 Å². The highest BCUT2D eigenvalue weighted by molar-refractivity contribution is 5.95. The molecule has 1 amide bonds. The minimum atomic E-state index is 0. The fourth-order valence-electron chi connectivity index (χ4n) is 3.52. The molecule has 1 saturated heterocycles. The number of aryl methyl sites for hydroxylation is 1. The van der Waals surface area contributed by atoms with Crippen molar-refractivity contribution in [2.24, 2.45) is 5.92 Å². The largest absolute Gasteiger partial charge is 0.345 e.